The van der Waals surface area contributed by atoms with Gasteiger partial charge in [-0.2, -0.15) is 0 Å². The number of hydrogen-bond acceptors (Lipinski definition) is 3. The van der Waals surface area contributed by atoms with Crippen molar-refractivity contribution < 1.29 is 9.59 Å². The Balaban J connectivity index is 1.90. The Hall–Kier alpha value is -2.27. The number of para-hydroxylation sites is 1. The van der Waals surface area contributed by atoms with E-state index >= 15 is 0 Å². The second-order valence-electron chi connectivity index (χ2n) is 6.20. The molecule has 5 heteroatoms. The summed E-state index contributed by atoms with van der Waals surface area (Å²) in [5.74, 6) is 0.831. The van der Waals surface area contributed by atoms with Crippen LogP contribution in [0.15, 0.2) is 48.5 Å². The van der Waals surface area contributed by atoms with Crippen LogP contribution in [0.5, 0.6) is 0 Å². The SMILES string of the molecule is Cc1ccc(CSCC(=O)Nc2ccccc2C(=O)NC(C)C)cc1. The van der Waals surface area contributed by atoms with Crippen LogP contribution in [-0.2, 0) is 10.5 Å². The van der Waals surface area contributed by atoms with Crippen LogP contribution in [0.25, 0.3) is 0 Å². The number of benzene rings is 2. The number of thioether (sulfide) groups is 1. The lowest BCUT2D eigenvalue weighted by atomic mass is 10.1. The molecule has 2 rings (SSSR count). The molecule has 132 valence electrons. The number of aryl methyl sites for hydroxylation is 1. The molecule has 0 fully saturated rings. The average Bonchev–Trinajstić information content (AvgIpc) is 2.56. The maximum absolute atomic E-state index is 12.2. The maximum Gasteiger partial charge on any atom is 0.253 e. The average molecular weight is 356 g/mol. The van der Waals surface area contributed by atoms with Crippen LogP contribution in [0.3, 0.4) is 0 Å². The molecule has 0 heterocycles. The summed E-state index contributed by atoms with van der Waals surface area (Å²) in [5, 5.41) is 5.69. The number of anilines is 1. The van der Waals surface area contributed by atoms with Gasteiger partial charge in [0.2, 0.25) is 5.91 Å². The van der Waals surface area contributed by atoms with E-state index in [0.29, 0.717) is 17.0 Å². The standard InChI is InChI=1S/C20H24N2O2S/c1-14(2)21-20(24)17-6-4-5-7-18(17)22-19(23)13-25-12-16-10-8-15(3)9-11-16/h4-11,14H,12-13H2,1-3H3,(H,21,24)(H,22,23). The van der Waals surface area contributed by atoms with Crippen LogP contribution in [0.2, 0.25) is 0 Å². The van der Waals surface area contributed by atoms with Gasteiger partial charge in [-0.25, -0.2) is 0 Å². The first-order valence-corrected chi connectivity index (χ1v) is 9.44. The Morgan fingerprint density at radius 2 is 1.72 bits per heavy atom. The van der Waals surface area contributed by atoms with Gasteiger partial charge in [0.15, 0.2) is 0 Å². The summed E-state index contributed by atoms with van der Waals surface area (Å²) in [7, 11) is 0. The third kappa shape index (κ3) is 6.27. The molecule has 4 nitrogen and oxygen atoms in total. The first-order valence-electron chi connectivity index (χ1n) is 8.28. The predicted molar refractivity (Wildman–Crippen MR) is 105 cm³/mol. The van der Waals surface area contributed by atoms with Crippen molar-refractivity contribution >= 4 is 29.3 Å². The quantitative estimate of drug-likeness (QED) is 0.788. The van der Waals surface area contributed by atoms with Gasteiger partial charge >= 0.3 is 0 Å². The molecule has 2 aromatic rings. The Morgan fingerprint density at radius 1 is 1.04 bits per heavy atom. The molecule has 0 aliphatic rings. The molecule has 0 radical (unpaired) electrons. The second-order valence-corrected chi connectivity index (χ2v) is 7.19. The molecule has 0 saturated carbocycles. The molecule has 0 bridgehead atoms. The van der Waals surface area contributed by atoms with Crippen molar-refractivity contribution in [3.63, 3.8) is 0 Å². The van der Waals surface area contributed by atoms with Gasteiger partial charge in [-0.1, -0.05) is 42.0 Å². The Bertz CT molecular complexity index is 727. The fourth-order valence-electron chi connectivity index (χ4n) is 2.26. The van der Waals surface area contributed by atoms with Crippen molar-refractivity contribution in [3.05, 3.63) is 65.2 Å². The molecule has 0 atom stereocenters. The molecule has 25 heavy (non-hydrogen) atoms. The molecule has 0 spiro atoms. The van der Waals surface area contributed by atoms with E-state index in [9.17, 15) is 9.59 Å². The molecule has 0 aromatic heterocycles. The van der Waals surface area contributed by atoms with E-state index < -0.39 is 0 Å². The lowest BCUT2D eigenvalue weighted by molar-refractivity contribution is -0.113. The number of amides is 2. The van der Waals surface area contributed by atoms with Gasteiger partial charge in [-0.15, -0.1) is 11.8 Å². The third-order valence-corrected chi connectivity index (χ3v) is 4.49. The molecular weight excluding hydrogens is 332 g/mol. The maximum atomic E-state index is 12.2. The van der Waals surface area contributed by atoms with Crippen molar-refractivity contribution in [2.24, 2.45) is 0 Å². The number of carbonyl (C=O) groups is 2. The summed E-state index contributed by atoms with van der Waals surface area (Å²) < 4.78 is 0. The molecule has 0 unspecified atom stereocenters. The highest BCUT2D eigenvalue weighted by Gasteiger charge is 2.13. The molecule has 0 saturated heterocycles. The van der Waals surface area contributed by atoms with Gasteiger partial charge < -0.3 is 10.6 Å². The Labute approximate surface area is 153 Å². The zero-order valence-corrected chi connectivity index (χ0v) is 15.7. The summed E-state index contributed by atoms with van der Waals surface area (Å²) in [5.41, 5.74) is 3.44. The number of nitrogens with one attached hydrogen (secondary N) is 2. The van der Waals surface area contributed by atoms with Crippen molar-refractivity contribution in [1.29, 1.82) is 0 Å². The van der Waals surface area contributed by atoms with E-state index in [4.69, 9.17) is 0 Å². The van der Waals surface area contributed by atoms with Gasteiger partial charge in [0, 0.05) is 11.8 Å². The summed E-state index contributed by atoms with van der Waals surface area (Å²) in [4.78, 5) is 24.4. The van der Waals surface area contributed by atoms with Crippen molar-refractivity contribution in [1.82, 2.24) is 5.32 Å². The molecule has 0 aliphatic heterocycles. The van der Waals surface area contributed by atoms with Gasteiger partial charge in [-0.3, -0.25) is 9.59 Å². The van der Waals surface area contributed by atoms with Gasteiger partial charge in [0.05, 0.1) is 17.0 Å². The fourth-order valence-corrected chi connectivity index (χ4v) is 3.05. The first-order chi connectivity index (χ1) is 12.0. The van der Waals surface area contributed by atoms with Crippen LogP contribution in [0.1, 0.15) is 35.3 Å². The van der Waals surface area contributed by atoms with E-state index in [1.54, 1.807) is 36.0 Å². The molecule has 2 aromatic carbocycles. The first kappa shape index (κ1) is 19.1. The summed E-state index contributed by atoms with van der Waals surface area (Å²) in [6.07, 6.45) is 0. The number of hydrogen-bond donors (Lipinski definition) is 2. The fraction of sp³-hybridized carbons (Fsp3) is 0.300. The zero-order valence-electron chi connectivity index (χ0n) is 14.8. The highest BCUT2D eigenvalue weighted by Crippen LogP contribution is 2.17. The van der Waals surface area contributed by atoms with Crippen LogP contribution in [0.4, 0.5) is 5.69 Å². The molecule has 2 amide bonds. The smallest absolute Gasteiger partial charge is 0.253 e. The number of rotatable bonds is 7. The summed E-state index contributed by atoms with van der Waals surface area (Å²) in [6, 6.07) is 15.4. The minimum atomic E-state index is -0.182. The normalized spacial score (nSPS) is 10.6. The monoisotopic (exact) mass is 356 g/mol. The topological polar surface area (TPSA) is 58.2 Å². The lowest BCUT2D eigenvalue weighted by Gasteiger charge is -2.13. The van der Waals surface area contributed by atoms with Crippen molar-refractivity contribution in [2.75, 3.05) is 11.1 Å². The van der Waals surface area contributed by atoms with Gasteiger partial charge in [0.1, 0.15) is 0 Å². The minimum absolute atomic E-state index is 0.0429. The van der Waals surface area contributed by atoms with Crippen molar-refractivity contribution in [3.8, 4) is 0 Å². The van der Waals surface area contributed by atoms with E-state index in [0.717, 1.165) is 5.75 Å². The second kappa shape index (κ2) is 9.28. The molecule has 0 aliphatic carbocycles. The number of carbonyl (C=O) groups excluding carboxylic acids is 2. The van der Waals surface area contributed by atoms with E-state index in [1.165, 1.54) is 11.1 Å². The van der Waals surface area contributed by atoms with Crippen LogP contribution in [-0.4, -0.2) is 23.6 Å². The van der Waals surface area contributed by atoms with Crippen LogP contribution < -0.4 is 10.6 Å². The molecule has 2 N–H and O–H groups in total. The largest absolute Gasteiger partial charge is 0.350 e. The van der Waals surface area contributed by atoms with Crippen LogP contribution >= 0.6 is 11.8 Å². The predicted octanol–water partition coefficient (Wildman–Crippen LogP) is 4.01. The van der Waals surface area contributed by atoms with Gasteiger partial charge in [-0.05, 0) is 38.5 Å². The Morgan fingerprint density at radius 3 is 2.40 bits per heavy atom. The molecular formula is C20H24N2O2S. The lowest BCUT2D eigenvalue weighted by Crippen LogP contribution is -2.31. The van der Waals surface area contributed by atoms with E-state index in [2.05, 4.69) is 41.8 Å². The highest BCUT2D eigenvalue weighted by molar-refractivity contribution is 7.99. The van der Waals surface area contributed by atoms with E-state index in [-0.39, 0.29) is 17.9 Å². The Kier molecular flexibility index (Phi) is 7.07. The van der Waals surface area contributed by atoms with E-state index in [1.807, 2.05) is 13.8 Å². The summed E-state index contributed by atoms with van der Waals surface area (Å²) in [6.45, 7) is 5.86. The highest BCUT2D eigenvalue weighted by atomic mass is 32.2. The third-order valence-electron chi connectivity index (χ3n) is 3.49. The van der Waals surface area contributed by atoms with Crippen LogP contribution in [0, 0.1) is 6.92 Å². The summed E-state index contributed by atoms with van der Waals surface area (Å²) >= 11 is 1.55. The van der Waals surface area contributed by atoms with Crippen molar-refractivity contribution in [2.45, 2.75) is 32.6 Å². The van der Waals surface area contributed by atoms with Gasteiger partial charge in [0.25, 0.3) is 5.91 Å². The minimum Gasteiger partial charge on any atom is -0.350 e. The zero-order chi connectivity index (χ0) is 18.2.